The molecule has 1 heterocycles. The van der Waals surface area contributed by atoms with Gasteiger partial charge in [-0.15, -0.1) is 0 Å². The van der Waals surface area contributed by atoms with Gasteiger partial charge >= 0.3 is 5.97 Å². The number of carboxylic acid groups (broad SMARTS) is 1. The quantitative estimate of drug-likeness (QED) is 0.698. The van der Waals surface area contributed by atoms with Gasteiger partial charge in [0.15, 0.2) is 0 Å². The molecular formula is C14H19N3O4. The zero-order valence-corrected chi connectivity index (χ0v) is 12.1. The minimum atomic E-state index is -1.00. The van der Waals surface area contributed by atoms with Gasteiger partial charge in [-0.3, -0.25) is 9.59 Å². The van der Waals surface area contributed by atoms with Gasteiger partial charge in [0, 0.05) is 17.7 Å². The first kappa shape index (κ1) is 15.2. The molecule has 0 radical (unpaired) electrons. The Bertz CT molecular complexity index is 619. The highest BCUT2D eigenvalue weighted by atomic mass is 16.4. The largest absolute Gasteiger partial charge is 0.480 e. The number of nitrogens with zero attached hydrogens (tertiary/aromatic N) is 1. The Labute approximate surface area is 121 Å². The lowest BCUT2D eigenvalue weighted by Gasteiger charge is -2.13. The molecule has 3 N–H and O–H groups in total. The summed E-state index contributed by atoms with van der Waals surface area (Å²) in [5.41, 5.74) is 0.819. The molecule has 7 heteroatoms. The Morgan fingerprint density at radius 2 is 2.10 bits per heavy atom. The van der Waals surface area contributed by atoms with Crippen molar-refractivity contribution in [2.45, 2.75) is 45.6 Å². The summed E-state index contributed by atoms with van der Waals surface area (Å²) in [6.45, 7) is 3.41. The molecule has 1 unspecified atom stereocenters. The molecule has 1 amide bonds. The topological polar surface area (TPSA) is 112 Å². The second kappa shape index (κ2) is 6.07. The zero-order valence-electron chi connectivity index (χ0n) is 12.1. The van der Waals surface area contributed by atoms with E-state index in [1.807, 2.05) is 0 Å². The predicted octanol–water partition coefficient (Wildman–Crippen LogP) is 0.299. The van der Waals surface area contributed by atoms with Crippen molar-refractivity contribution in [2.24, 2.45) is 5.92 Å². The third kappa shape index (κ3) is 3.90. The molecule has 1 aromatic heterocycles. The minimum absolute atomic E-state index is 0.0395. The smallest absolute Gasteiger partial charge is 0.326 e. The van der Waals surface area contributed by atoms with Crippen LogP contribution in [0.3, 0.4) is 0 Å². The molecule has 1 aliphatic rings. The number of carboxylic acids is 1. The molecule has 1 aliphatic carbocycles. The fraction of sp³-hybridized carbons (Fsp3) is 0.571. The first-order chi connectivity index (χ1) is 9.88. The van der Waals surface area contributed by atoms with Crippen molar-refractivity contribution in [3.8, 4) is 0 Å². The summed E-state index contributed by atoms with van der Waals surface area (Å²) >= 11 is 0. The number of aromatic amines is 1. The van der Waals surface area contributed by atoms with Gasteiger partial charge in [0.1, 0.15) is 11.9 Å². The van der Waals surface area contributed by atoms with Crippen molar-refractivity contribution in [3.05, 3.63) is 27.4 Å². The summed E-state index contributed by atoms with van der Waals surface area (Å²) in [4.78, 5) is 41.5. The third-order valence-electron chi connectivity index (χ3n) is 3.62. The Kier molecular flexibility index (Phi) is 4.40. The Balaban J connectivity index is 1.95. The van der Waals surface area contributed by atoms with E-state index >= 15 is 0 Å². The summed E-state index contributed by atoms with van der Waals surface area (Å²) in [6.07, 6.45) is 1.98. The number of amides is 1. The molecule has 1 saturated carbocycles. The normalized spacial score (nSPS) is 15.5. The zero-order chi connectivity index (χ0) is 15.6. The van der Waals surface area contributed by atoms with Gasteiger partial charge in [0.05, 0.1) is 0 Å². The molecule has 2 rings (SSSR count). The summed E-state index contributed by atoms with van der Waals surface area (Å²) in [7, 11) is 0. The lowest BCUT2D eigenvalue weighted by molar-refractivity contribution is -0.142. The maximum absolute atomic E-state index is 11.8. The highest BCUT2D eigenvalue weighted by Gasteiger charge is 2.37. The maximum Gasteiger partial charge on any atom is 0.326 e. The molecule has 0 bridgehead atoms. The number of aliphatic carboxylic acids is 1. The van der Waals surface area contributed by atoms with E-state index in [0.29, 0.717) is 17.1 Å². The first-order valence-electron chi connectivity index (χ1n) is 6.97. The van der Waals surface area contributed by atoms with Gasteiger partial charge in [0.2, 0.25) is 5.91 Å². The number of hydrogen-bond acceptors (Lipinski definition) is 4. The fourth-order valence-electron chi connectivity index (χ4n) is 2.34. The third-order valence-corrected chi connectivity index (χ3v) is 3.62. The van der Waals surface area contributed by atoms with Crippen molar-refractivity contribution in [1.29, 1.82) is 0 Å². The van der Waals surface area contributed by atoms with E-state index in [9.17, 15) is 14.4 Å². The van der Waals surface area contributed by atoms with Crippen LogP contribution in [0, 0.1) is 19.8 Å². The highest BCUT2D eigenvalue weighted by molar-refractivity contribution is 5.84. The average molecular weight is 293 g/mol. The predicted molar refractivity (Wildman–Crippen MR) is 74.9 cm³/mol. The van der Waals surface area contributed by atoms with E-state index in [4.69, 9.17) is 5.11 Å². The van der Waals surface area contributed by atoms with E-state index in [2.05, 4.69) is 15.3 Å². The number of rotatable bonds is 6. The van der Waals surface area contributed by atoms with Crippen LogP contribution in [0.1, 0.15) is 36.3 Å². The van der Waals surface area contributed by atoms with Gasteiger partial charge < -0.3 is 15.4 Å². The molecule has 7 nitrogen and oxygen atoms in total. The van der Waals surface area contributed by atoms with Crippen LogP contribution in [0.5, 0.6) is 0 Å². The second-order valence-corrected chi connectivity index (χ2v) is 5.44. The van der Waals surface area contributed by atoms with Crippen molar-refractivity contribution in [3.63, 3.8) is 0 Å². The van der Waals surface area contributed by atoms with Crippen LogP contribution in [-0.4, -0.2) is 33.0 Å². The van der Waals surface area contributed by atoms with Crippen molar-refractivity contribution in [1.82, 2.24) is 15.3 Å². The number of carbonyl (C=O) groups excluding carboxylic acids is 1. The van der Waals surface area contributed by atoms with Gasteiger partial charge in [0.25, 0.3) is 5.56 Å². The number of nitrogens with one attached hydrogen (secondary N) is 2. The number of aryl methyl sites for hydroxylation is 2. The van der Waals surface area contributed by atoms with Crippen LogP contribution in [-0.2, 0) is 16.0 Å². The first-order valence-corrected chi connectivity index (χ1v) is 6.97. The summed E-state index contributed by atoms with van der Waals surface area (Å²) in [5, 5.41) is 11.6. The van der Waals surface area contributed by atoms with E-state index < -0.39 is 12.0 Å². The van der Waals surface area contributed by atoms with Gasteiger partial charge in [-0.1, -0.05) is 0 Å². The van der Waals surface area contributed by atoms with E-state index in [0.717, 1.165) is 12.8 Å². The SMILES string of the molecule is Cc1nc(C)c(CCC(=O)NC(C(=O)O)C2CC2)c(=O)[nH]1. The lowest BCUT2D eigenvalue weighted by atomic mass is 10.1. The van der Waals surface area contributed by atoms with Gasteiger partial charge in [-0.05, 0) is 39.0 Å². The molecule has 0 spiro atoms. The van der Waals surface area contributed by atoms with Crippen molar-refractivity contribution >= 4 is 11.9 Å². The Morgan fingerprint density at radius 3 is 2.62 bits per heavy atom. The van der Waals surface area contributed by atoms with Crippen LogP contribution in [0.4, 0.5) is 0 Å². The summed E-state index contributed by atoms with van der Waals surface area (Å²) in [5.74, 6) is -0.784. The van der Waals surface area contributed by atoms with Crippen LogP contribution in [0.25, 0.3) is 0 Å². The lowest BCUT2D eigenvalue weighted by Crippen LogP contribution is -2.42. The monoisotopic (exact) mass is 293 g/mol. The molecule has 0 aromatic carbocycles. The second-order valence-electron chi connectivity index (χ2n) is 5.44. The molecule has 0 aliphatic heterocycles. The fourth-order valence-corrected chi connectivity index (χ4v) is 2.34. The van der Waals surface area contributed by atoms with Crippen molar-refractivity contribution in [2.75, 3.05) is 0 Å². The van der Waals surface area contributed by atoms with E-state index in [1.54, 1.807) is 13.8 Å². The molecule has 0 saturated heterocycles. The molecule has 1 atom stereocenters. The van der Waals surface area contributed by atoms with E-state index in [1.165, 1.54) is 0 Å². The van der Waals surface area contributed by atoms with Crippen LogP contribution < -0.4 is 10.9 Å². The standard InChI is InChI=1S/C14H19N3O4/c1-7-10(13(19)16-8(2)15-7)5-6-11(18)17-12(14(20)21)9-3-4-9/h9,12H,3-6H2,1-2H3,(H,17,18)(H,20,21)(H,15,16,19). The van der Waals surface area contributed by atoms with Crippen LogP contribution in [0.15, 0.2) is 4.79 Å². The van der Waals surface area contributed by atoms with Crippen molar-refractivity contribution < 1.29 is 14.7 Å². The number of aromatic nitrogens is 2. The van der Waals surface area contributed by atoms with E-state index in [-0.39, 0.29) is 30.2 Å². The highest BCUT2D eigenvalue weighted by Crippen LogP contribution is 2.32. The van der Waals surface area contributed by atoms with Gasteiger partial charge in [-0.2, -0.15) is 0 Å². The summed E-state index contributed by atoms with van der Waals surface area (Å²) < 4.78 is 0. The van der Waals surface area contributed by atoms with Crippen LogP contribution in [0.2, 0.25) is 0 Å². The Morgan fingerprint density at radius 1 is 1.43 bits per heavy atom. The maximum atomic E-state index is 11.8. The number of carbonyl (C=O) groups is 2. The molecule has 1 aromatic rings. The molecule has 114 valence electrons. The number of hydrogen-bond donors (Lipinski definition) is 3. The van der Waals surface area contributed by atoms with Crippen LogP contribution >= 0.6 is 0 Å². The Hall–Kier alpha value is -2.18. The molecule has 21 heavy (non-hydrogen) atoms. The van der Waals surface area contributed by atoms with Gasteiger partial charge in [-0.25, -0.2) is 9.78 Å². The average Bonchev–Trinajstić information content (AvgIpc) is 3.18. The summed E-state index contributed by atoms with van der Waals surface area (Å²) in [6, 6.07) is -0.812. The molecular weight excluding hydrogens is 274 g/mol. The molecule has 1 fully saturated rings. The number of H-pyrrole nitrogens is 1. The minimum Gasteiger partial charge on any atom is -0.480 e.